The zero-order chi connectivity index (χ0) is 16.4. The van der Waals surface area contributed by atoms with Crippen LogP contribution in [0, 0.1) is 10.1 Å². The molecule has 0 radical (unpaired) electrons. The molecule has 0 bridgehead atoms. The summed E-state index contributed by atoms with van der Waals surface area (Å²) in [5.74, 6) is -0.178. The van der Waals surface area contributed by atoms with Crippen molar-refractivity contribution in [2.45, 2.75) is 0 Å². The number of carbonyl (C=O) groups excluding carboxylic acids is 1. The fourth-order valence-electron chi connectivity index (χ4n) is 2.17. The van der Waals surface area contributed by atoms with Gasteiger partial charge >= 0.3 is 5.97 Å². The molecular weight excluding hydrogens is 362 g/mol. The van der Waals surface area contributed by atoms with Crippen LogP contribution in [0.4, 0.5) is 5.69 Å². The molecule has 6 heteroatoms. The quantitative estimate of drug-likeness (QED) is 0.289. The summed E-state index contributed by atoms with van der Waals surface area (Å²) < 4.78 is 6.07. The van der Waals surface area contributed by atoms with E-state index in [1.807, 2.05) is 30.3 Å². The Bertz CT molecular complexity index is 906. The van der Waals surface area contributed by atoms with Crippen molar-refractivity contribution in [2.75, 3.05) is 0 Å². The fourth-order valence-corrected chi connectivity index (χ4v) is 2.74. The zero-order valence-electron chi connectivity index (χ0n) is 11.7. The minimum atomic E-state index is -0.573. The van der Waals surface area contributed by atoms with Gasteiger partial charge in [0.2, 0.25) is 0 Å². The van der Waals surface area contributed by atoms with Crippen molar-refractivity contribution in [3.05, 3.63) is 80.8 Å². The molecule has 3 aromatic carbocycles. The van der Waals surface area contributed by atoms with Crippen molar-refractivity contribution in [3.8, 4) is 5.75 Å². The molecule has 5 nitrogen and oxygen atoms in total. The largest absolute Gasteiger partial charge is 0.422 e. The summed E-state index contributed by atoms with van der Waals surface area (Å²) in [5, 5.41) is 12.6. The molecule has 0 saturated heterocycles. The van der Waals surface area contributed by atoms with Gasteiger partial charge in [0.15, 0.2) is 0 Å². The summed E-state index contributed by atoms with van der Waals surface area (Å²) in [5.41, 5.74) is 0.170. The molecule has 0 saturated carbocycles. The number of benzene rings is 3. The molecule has 0 aliphatic rings. The maximum Gasteiger partial charge on any atom is 0.343 e. The van der Waals surface area contributed by atoms with Gasteiger partial charge < -0.3 is 4.74 Å². The van der Waals surface area contributed by atoms with Crippen molar-refractivity contribution in [2.24, 2.45) is 0 Å². The number of carbonyl (C=O) groups is 1. The summed E-state index contributed by atoms with van der Waals surface area (Å²) in [7, 11) is 0. The molecule has 114 valence electrons. The van der Waals surface area contributed by atoms with Crippen LogP contribution >= 0.6 is 15.9 Å². The smallest absolute Gasteiger partial charge is 0.343 e. The lowest BCUT2D eigenvalue weighted by Gasteiger charge is -2.09. The Balaban J connectivity index is 1.88. The number of nitro groups is 1. The Hall–Kier alpha value is -2.73. The standard InChI is InChI=1S/C17H10BrNO4/c18-16-14-4-2-1-3-11(14)7-10-15(16)23-17(20)12-5-8-13(9-6-12)19(21)22/h1-10H. The van der Waals surface area contributed by atoms with Crippen molar-refractivity contribution in [1.29, 1.82) is 0 Å². The van der Waals surface area contributed by atoms with E-state index in [0.29, 0.717) is 10.2 Å². The molecule has 23 heavy (non-hydrogen) atoms. The predicted octanol–water partition coefficient (Wildman–Crippen LogP) is 4.73. The predicted molar refractivity (Wildman–Crippen MR) is 89.7 cm³/mol. The average molecular weight is 372 g/mol. The van der Waals surface area contributed by atoms with E-state index in [9.17, 15) is 14.9 Å². The second-order valence-corrected chi connectivity index (χ2v) is 5.59. The van der Waals surface area contributed by atoms with Crippen molar-refractivity contribution < 1.29 is 14.5 Å². The third kappa shape index (κ3) is 3.07. The second kappa shape index (κ2) is 6.18. The monoisotopic (exact) mass is 371 g/mol. The number of ether oxygens (including phenoxy) is 1. The van der Waals surface area contributed by atoms with Gasteiger partial charge in [-0.05, 0) is 44.9 Å². The first-order valence-electron chi connectivity index (χ1n) is 6.70. The SMILES string of the molecule is O=C(Oc1ccc2ccccc2c1Br)c1ccc([N+](=O)[O-])cc1. The van der Waals surface area contributed by atoms with Gasteiger partial charge in [0.1, 0.15) is 5.75 Å². The summed E-state index contributed by atoms with van der Waals surface area (Å²) >= 11 is 3.45. The van der Waals surface area contributed by atoms with Crippen LogP contribution < -0.4 is 4.74 Å². The normalized spacial score (nSPS) is 10.5. The second-order valence-electron chi connectivity index (χ2n) is 4.79. The minimum absolute atomic E-state index is 0.0755. The van der Waals surface area contributed by atoms with Gasteiger partial charge in [-0.2, -0.15) is 0 Å². The summed E-state index contributed by atoms with van der Waals surface area (Å²) in [6, 6.07) is 16.5. The molecule has 0 heterocycles. The Morgan fingerprint density at radius 3 is 2.39 bits per heavy atom. The van der Waals surface area contributed by atoms with E-state index >= 15 is 0 Å². The number of nitro benzene ring substituents is 1. The molecule has 0 aromatic heterocycles. The maximum atomic E-state index is 12.2. The highest BCUT2D eigenvalue weighted by Crippen LogP contribution is 2.33. The highest BCUT2D eigenvalue weighted by molar-refractivity contribution is 9.10. The molecule has 0 spiro atoms. The van der Waals surface area contributed by atoms with Crippen molar-refractivity contribution in [3.63, 3.8) is 0 Å². The highest BCUT2D eigenvalue weighted by Gasteiger charge is 2.14. The van der Waals surface area contributed by atoms with Gasteiger partial charge in [-0.15, -0.1) is 0 Å². The molecule has 0 N–H and O–H groups in total. The summed E-state index contributed by atoms with van der Waals surface area (Å²) in [6.07, 6.45) is 0. The highest BCUT2D eigenvalue weighted by atomic mass is 79.9. The van der Waals surface area contributed by atoms with E-state index in [1.165, 1.54) is 24.3 Å². The van der Waals surface area contributed by atoms with Crippen LogP contribution in [-0.4, -0.2) is 10.9 Å². The number of rotatable bonds is 3. The number of halogens is 1. The number of nitrogens with zero attached hydrogens (tertiary/aromatic N) is 1. The van der Waals surface area contributed by atoms with E-state index in [1.54, 1.807) is 6.07 Å². The van der Waals surface area contributed by atoms with Crippen LogP contribution in [0.1, 0.15) is 10.4 Å². The molecule has 0 aliphatic heterocycles. The third-order valence-corrected chi connectivity index (χ3v) is 4.16. The first-order chi connectivity index (χ1) is 11.1. The van der Waals surface area contributed by atoms with Gasteiger partial charge in [0.25, 0.3) is 5.69 Å². The zero-order valence-corrected chi connectivity index (χ0v) is 13.3. The van der Waals surface area contributed by atoms with E-state index in [4.69, 9.17) is 4.74 Å². The first-order valence-corrected chi connectivity index (χ1v) is 7.49. The van der Waals surface area contributed by atoms with Crippen molar-refractivity contribution in [1.82, 2.24) is 0 Å². The molecule has 0 amide bonds. The number of hydrogen-bond donors (Lipinski definition) is 0. The Kier molecular flexibility index (Phi) is 4.08. The van der Waals surface area contributed by atoms with Crippen LogP contribution in [0.2, 0.25) is 0 Å². The van der Waals surface area contributed by atoms with Gasteiger partial charge in [0.05, 0.1) is 15.0 Å². The lowest BCUT2D eigenvalue weighted by atomic mass is 10.1. The van der Waals surface area contributed by atoms with Crippen molar-refractivity contribution >= 4 is 38.4 Å². The van der Waals surface area contributed by atoms with Gasteiger partial charge in [-0.1, -0.05) is 30.3 Å². The Labute approximate surface area is 139 Å². The average Bonchev–Trinajstić information content (AvgIpc) is 2.57. The van der Waals surface area contributed by atoms with Crippen LogP contribution in [0.5, 0.6) is 5.75 Å². The number of fused-ring (bicyclic) bond motifs is 1. The van der Waals surface area contributed by atoms with E-state index in [0.717, 1.165) is 10.8 Å². The molecule has 0 fully saturated rings. The van der Waals surface area contributed by atoms with Crippen LogP contribution in [-0.2, 0) is 0 Å². The molecule has 0 atom stereocenters. The summed E-state index contributed by atoms with van der Waals surface area (Å²) in [4.78, 5) is 22.3. The minimum Gasteiger partial charge on any atom is -0.422 e. The van der Waals surface area contributed by atoms with E-state index in [-0.39, 0.29) is 11.3 Å². The molecule has 0 aliphatic carbocycles. The van der Waals surface area contributed by atoms with Crippen LogP contribution in [0.25, 0.3) is 10.8 Å². The molecule has 3 aromatic rings. The Morgan fingerprint density at radius 1 is 1.00 bits per heavy atom. The number of esters is 1. The molecular formula is C17H10BrNO4. The topological polar surface area (TPSA) is 69.4 Å². The maximum absolute atomic E-state index is 12.2. The van der Waals surface area contributed by atoms with Gasteiger partial charge in [-0.3, -0.25) is 10.1 Å². The van der Waals surface area contributed by atoms with E-state index < -0.39 is 10.9 Å². The lowest BCUT2D eigenvalue weighted by Crippen LogP contribution is -2.08. The van der Waals surface area contributed by atoms with Gasteiger partial charge in [0, 0.05) is 12.1 Å². The van der Waals surface area contributed by atoms with Crippen LogP contribution in [0.3, 0.4) is 0 Å². The third-order valence-electron chi connectivity index (χ3n) is 3.34. The first kappa shape index (κ1) is 15.2. The fraction of sp³-hybridized carbons (Fsp3) is 0. The molecule has 3 rings (SSSR count). The number of non-ortho nitro benzene ring substituents is 1. The van der Waals surface area contributed by atoms with Crippen LogP contribution in [0.15, 0.2) is 65.1 Å². The van der Waals surface area contributed by atoms with Gasteiger partial charge in [-0.25, -0.2) is 4.79 Å². The Morgan fingerprint density at radius 2 is 1.70 bits per heavy atom. The lowest BCUT2D eigenvalue weighted by molar-refractivity contribution is -0.384. The van der Waals surface area contributed by atoms with E-state index in [2.05, 4.69) is 15.9 Å². The summed E-state index contributed by atoms with van der Waals surface area (Å²) in [6.45, 7) is 0. The number of hydrogen-bond acceptors (Lipinski definition) is 4. The molecule has 0 unspecified atom stereocenters.